The van der Waals surface area contributed by atoms with Gasteiger partial charge in [-0.15, -0.1) is 0 Å². The summed E-state index contributed by atoms with van der Waals surface area (Å²) in [5.41, 5.74) is 2.43. The van der Waals surface area contributed by atoms with E-state index in [1.165, 1.54) is 0 Å². The van der Waals surface area contributed by atoms with Gasteiger partial charge in [0.2, 0.25) is 0 Å². The summed E-state index contributed by atoms with van der Waals surface area (Å²) in [6.07, 6.45) is 0. The molecule has 0 unspecified atom stereocenters. The summed E-state index contributed by atoms with van der Waals surface area (Å²) < 4.78 is 25.7. The Morgan fingerprint density at radius 1 is 0.739 bits per heavy atom. The number of nitrogens with one attached hydrogen (secondary N) is 1. The molecule has 1 heterocycles. The van der Waals surface area contributed by atoms with E-state index < -0.39 is 9.84 Å². The number of fused-ring (bicyclic) bond motifs is 3. The molecular weight excluding hydrogens is 306 g/mol. The van der Waals surface area contributed by atoms with Crippen molar-refractivity contribution >= 4 is 31.6 Å². The van der Waals surface area contributed by atoms with Gasteiger partial charge in [-0.2, -0.15) is 0 Å². The molecule has 4 rings (SSSR count). The fourth-order valence-electron chi connectivity index (χ4n) is 2.98. The average Bonchev–Trinajstić information content (AvgIpc) is 2.94. The third kappa shape index (κ3) is 2.41. The molecule has 0 bridgehead atoms. The molecule has 0 aliphatic carbocycles. The fourth-order valence-corrected chi connectivity index (χ4v) is 4.52. The van der Waals surface area contributed by atoms with Crippen LogP contribution in [0.5, 0.6) is 0 Å². The van der Waals surface area contributed by atoms with Crippen molar-refractivity contribution in [3.63, 3.8) is 0 Å². The summed E-state index contributed by atoms with van der Waals surface area (Å²) in [6, 6.07) is 22.6. The number of benzene rings is 3. The predicted molar refractivity (Wildman–Crippen MR) is 93.1 cm³/mol. The Labute approximate surface area is 134 Å². The van der Waals surface area contributed by atoms with Crippen molar-refractivity contribution in [2.45, 2.75) is 10.6 Å². The van der Waals surface area contributed by atoms with Crippen molar-refractivity contribution in [1.82, 2.24) is 4.98 Å². The second-order valence-electron chi connectivity index (χ2n) is 5.59. The van der Waals surface area contributed by atoms with Crippen molar-refractivity contribution in [2.75, 3.05) is 0 Å². The maximum absolute atomic E-state index is 12.9. The molecule has 0 saturated carbocycles. The first-order valence-electron chi connectivity index (χ1n) is 7.41. The monoisotopic (exact) mass is 321 g/mol. The van der Waals surface area contributed by atoms with Crippen molar-refractivity contribution in [3.05, 3.63) is 78.4 Å². The lowest BCUT2D eigenvalue weighted by Gasteiger charge is -2.06. The second-order valence-corrected chi connectivity index (χ2v) is 7.55. The van der Waals surface area contributed by atoms with Crippen LogP contribution in [0, 0.1) is 0 Å². The minimum absolute atomic E-state index is 0.00230. The molecule has 1 aromatic heterocycles. The lowest BCUT2D eigenvalue weighted by atomic mass is 10.1. The number of para-hydroxylation sites is 2. The zero-order valence-corrected chi connectivity index (χ0v) is 13.2. The van der Waals surface area contributed by atoms with Crippen LogP contribution in [-0.4, -0.2) is 13.4 Å². The molecule has 3 nitrogen and oxygen atoms in total. The lowest BCUT2D eigenvalue weighted by molar-refractivity contribution is 0.596. The van der Waals surface area contributed by atoms with Gasteiger partial charge in [0, 0.05) is 16.3 Å². The Balaban J connectivity index is 1.91. The van der Waals surface area contributed by atoms with Crippen LogP contribution >= 0.6 is 0 Å². The molecule has 0 saturated heterocycles. The van der Waals surface area contributed by atoms with E-state index >= 15 is 0 Å². The van der Waals surface area contributed by atoms with Crippen molar-refractivity contribution in [3.8, 4) is 0 Å². The predicted octanol–water partition coefficient (Wildman–Crippen LogP) is 4.30. The molecule has 4 aromatic rings. The minimum Gasteiger partial charge on any atom is -0.353 e. The van der Waals surface area contributed by atoms with Crippen molar-refractivity contribution in [1.29, 1.82) is 0 Å². The molecule has 0 aliphatic heterocycles. The van der Waals surface area contributed by atoms with Crippen molar-refractivity contribution in [2.24, 2.45) is 0 Å². The van der Waals surface area contributed by atoms with E-state index in [2.05, 4.69) is 4.98 Å². The first-order chi connectivity index (χ1) is 11.1. The molecule has 23 heavy (non-hydrogen) atoms. The maximum atomic E-state index is 12.9. The summed E-state index contributed by atoms with van der Waals surface area (Å²) in [5, 5.41) is 1.98. The van der Waals surface area contributed by atoms with Crippen LogP contribution in [0.2, 0.25) is 0 Å². The Morgan fingerprint density at radius 3 is 2.26 bits per heavy atom. The number of sulfone groups is 1. The zero-order valence-electron chi connectivity index (χ0n) is 12.4. The quantitative estimate of drug-likeness (QED) is 0.612. The van der Waals surface area contributed by atoms with Gasteiger partial charge in [-0.25, -0.2) is 8.42 Å². The Kier molecular flexibility index (Phi) is 3.20. The Hall–Kier alpha value is -2.59. The molecule has 0 amide bonds. The van der Waals surface area contributed by atoms with Gasteiger partial charge in [0.15, 0.2) is 9.84 Å². The van der Waals surface area contributed by atoms with Gasteiger partial charge in [-0.3, -0.25) is 0 Å². The smallest absolute Gasteiger partial charge is 0.184 e. The van der Waals surface area contributed by atoms with E-state index in [0.29, 0.717) is 10.4 Å². The van der Waals surface area contributed by atoms with Gasteiger partial charge in [-0.1, -0.05) is 60.7 Å². The van der Waals surface area contributed by atoms with Gasteiger partial charge < -0.3 is 4.98 Å². The second kappa shape index (κ2) is 5.25. The lowest BCUT2D eigenvalue weighted by Crippen LogP contribution is -2.05. The molecule has 0 spiro atoms. The summed E-state index contributed by atoms with van der Waals surface area (Å²) in [6.45, 7) is 0. The third-order valence-corrected chi connectivity index (χ3v) is 5.76. The molecule has 0 fully saturated rings. The van der Waals surface area contributed by atoms with Gasteiger partial charge in [0.1, 0.15) is 0 Å². The fraction of sp³-hybridized carbons (Fsp3) is 0.0526. The first-order valence-corrected chi connectivity index (χ1v) is 9.06. The average molecular weight is 321 g/mol. The molecule has 1 N–H and O–H groups in total. The first kappa shape index (κ1) is 14.0. The number of hydrogen-bond acceptors (Lipinski definition) is 2. The highest BCUT2D eigenvalue weighted by atomic mass is 32.2. The number of rotatable bonds is 3. The van der Waals surface area contributed by atoms with Gasteiger partial charge >= 0.3 is 0 Å². The van der Waals surface area contributed by atoms with Crippen LogP contribution in [0.25, 0.3) is 21.8 Å². The van der Waals surface area contributed by atoms with E-state index in [9.17, 15) is 8.42 Å². The molecule has 4 heteroatoms. The highest BCUT2D eigenvalue weighted by molar-refractivity contribution is 7.90. The summed E-state index contributed by atoms with van der Waals surface area (Å²) in [5.74, 6) is 0.00230. The number of aromatic amines is 1. The zero-order chi connectivity index (χ0) is 15.9. The standard InChI is InChI=1S/C19H15NO2S/c21-23(22,13-14-7-2-1-3-8-14)18-12-6-10-16-15-9-4-5-11-17(15)20-19(16)18/h1-12,20H,13H2. The molecule has 3 aromatic carbocycles. The van der Waals surface area contributed by atoms with Crippen molar-refractivity contribution < 1.29 is 8.42 Å². The highest BCUT2D eigenvalue weighted by Gasteiger charge is 2.20. The molecule has 0 radical (unpaired) electrons. The highest BCUT2D eigenvalue weighted by Crippen LogP contribution is 2.31. The minimum atomic E-state index is -3.42. The van der Waals surface area contributed by atoms with Crippen LogP contribution < -0.4 is 0 Å². The van der Waals surface area contributed by atoms with Crippen LogP contribution in [-0.2, 0) is 15.6 Å². The summed E-state index contributed by atoms with van der Waals surface area (Å²) in [4.78, 5) is 3.62. The van der Waals surface area contributed by atoms with E-state index in [4.69, 9.17) is 0 Å². The Bertz CT molecular complexity index is 1100. The maximum Gasteiger partial charge on any atom is 0.184 e. The molecule has 0 aliphatic rings. The van der Waals surface area contributed by atoms with E-state index in [0.717, 1.165) is 21.9 Å². The van der Waals surface area contributed by atoms with Crippen LogP contribution in [0.15, 0.2) is 77.7 Å². The van der Waals surface area contributed by atoms with E-state index in [1.54, 1.807) is 12.1 Å². The molecule has 0 atom stereocenters. The number of H-pyrrole nitrogens is 1. The van der Waals surface area contributed by atoms with Gasteiger partial charge in [0.25, 0.3) is 0 Å². The molecule has 114 valence electrons. The number of hydrogen-bond donors (Lipinski definition) is 1. The van der Waals surface area contributed by atoms with Crippen LogP contribution in [0.4, 0.5) is 0 Å². The summed E-state index contributed by atoms with van der Waals surface area (Å²) >= 11 is 0. The third-order valence-electron chi connectivity index (χ3n) is 4.04. The largest absolute Gasteiger partial charge is 0.353 e. The SMILES string of the molecule is O=S(=O)(Cc1ccccc1)c1cccc2c1[nH]c1ccccc12. The Morgan fingerprint density at radius 2 is 1.43 bits per heavy atom. The van der Waals surface area contributed by atoms with Gasteiger partial charge in [-0.05, 0) is 17.7 Å². The van der Waals surface area contributed by atoms with Gasteiger partial charge in [0.05, 0.1) is 16.2 Å². The number of aromatic nitrogens is 1. The molecular formula is C19H15NO2S. The van der Waals surface area contributed by atoms with Crippen LogP contribution in [0.1, 0.15) is 5.56 Å². The summed E-state index contributed by atoms with van der Waals surface area (Å²) in [7, 11) is -3.42. The van der Waals surface area contributed by atoms with Crippen LogP contribution in [0.3, 0.4) is 0 Å². The topological polar surface area (TPSA) is 49.9 Å². The van der Waals surface area contributed by atoms with E-state index in [1.807, 2.05) is 60.7 Å². The van der Waals surface area contributed by atoms with E-state index in [-0.39, 0.29) is 5.75 Å². The normalized spacial score (nSPS) is 12.0.